The fourth-order valence-electron chi connectivity index (χ4n) is 5.80. The Morgan fingerprint density at radius 1 is 0.919 bits per heavy atom. The number of para-hydroxylation sites is 1. The fourth-order valence-corrected chi connectivity index (χ4v) is 5.80. The number of benzene rings is 3. The minimum absolute atomic E-state index is 0.512. The van der Waals surface area contributed by atoms with Gasteiger partial charge in [0.1, 0.15) is 11.3 Å². The first-order valence-electron chi connectivity index (χ1n) is 14.0. The molecule has 1 aliphatic carbocycles. The van der Waals surface area contributed by atoms with Crippen LogP contribution >= 0.6 is 0 Å². The second-order valence-electron chi connectivity index (χ2n) is 10.6. The smallest absolute Gasteiger partial charge is 0.152 e. The highest BCUT2D eigenvalue weighted by Crippen LogP contribution is 2.32. The van der Waals surface area contributed by atoms with E-state index in [1.165, 1.54) is 47.6 Å². The number of imidazole rings is 1. The normalized spacial score (nSPS) is 14.1. The second kappa shape index (κ2) is 10.5. The third kappa shape index (κ3) is 4.69. The predicted molar refractivity (Wildman–Crippen MR) is 155 cm³/mol. The lowest BCUT2D eigenvalue weighted by Crippen LogP contribution is -2.21. The largest absolute Gasteiger partial charge is 0.382 e. The number of nitrogens with one attached hydrogen (secondary N) is 1. The maximum atomic E-state index is 6.43. The highest BCUT2D eigenvalue weighted by atomic mass is 15.1. The van der Waals surface area contributed by atoms with Gasteiger partial charge in [0, 0.05) is 24.9 Å². The van der Waals surface area contributed by atoms with Gasteiger partial charge < -0.3 is 15.6 Å². The summed E-state index contributed by atoms with van der Waals surface area (Å²) in [6, 6.07) is 21.7. The predicted octanol–water partition coefficient (Wildman–Crippen LogP) is 6.99. The van der Waals surface area contributed by atoms with Gasteiger partial charge in [-0.2, -0.15) is 0 Å². The molecule has 0 saturated heterocycles. The first-order chi connectivity index (χ1) is 18.2. The van der Waals surface area contributed by atoms with Crippen LogP contribution < -0.4 is 11.1 Å². The minimum atomic E-state index is 0.512. The molecule has 0 radical (unpaired) electrons. The van der Waals surface area contributed by atoms with Crippen molar-refractivity contribution >= 4 is 38.5 Å². The van der Waals surface area contributed by atoms with Crippen LogP contribution in [0.4, 0.5) is 5.82 Å². The van der Waals surface area contributed by atoms with Crippen molar-refractivity contribution in [3.05, 3.63) is 77.6 Å². The Labute approximate surface area is 219 Å². The number of anilines is 1. The zero-order valence-electron chi connectivity index (χ0n) is 21.8. The van der Waals surface area contributed by atoms with E-state index in [0.717, 1.165) is 72.6 Å². The summed E-state index contributed by atoms with van der Waals surface area (Å²) in [7, 11) is 0. The molecule has 1 aliphatic rings. The van der Waals surface area contributed by atoms with E-state index in [-0.39, 0.29) is 0 Å². The highest BCUT2D eigenvalue weighted by molar-refractivity contribution is 6.06. The number of hydrogen-bond donors (Lipinski definition) is 2. The molecular weight excluding hydrogens is 454 g/mol. The molecule has 5 heteroatoms. The summed E-state index contributed by atoms with van der Waals surface area (Å²) in [5.41, 5.74) is 11.9. The Morgan fingerprint density at radius 3 is 2.41 bits per heavy atom. The zero-order valence-corrected chi connectivity index (χ0v) is 21.8. The molecule has 0 spiro atoms. The van der Waals surface area contributed by atoms with Gasteiger partial charge in [-0.25, -0.2) is 9.97 Å². The van der Waals surface area contributed by atoms with E-state index in [1.807, 2.05) is 12.1 Å². The molecule has 0 bridgehead atoms. The molecule has 5 nitrogen and oxygen atoms in total. The summed E-state index contributed by atoms with van der Waals surface area (Å²) in [4.78, 5) is 9.69. The Bertz CT molecular complexity index is 1550. The molecule has 5 aromatic rings. The van der Waals surface area contributed by atoms with Crippen molar-refractivity contribution in [2.24, 2.45) is 5.92 Å². The summed E-state index contributed by atoms with van der Waals surface area (Å²) in [5.74, 6) is 2.55. The molecule has 3 aromatic carbocycles. The number of pyridine rings is 1. The third-order valence-corrected chi connectivity index (χ3v) is 8.15. The number of nitrogen functional groups attached to an aromatic ring is 1. The molecule has 37 heavy (non-hydrogen) atoms. The van der Waals surface area contributed by atoms with Gasteiger partial charge in [0.2, 0.25) is 0 Å². The Kier molecular flexibility index (Phi) is 6.79. The molecule has 3 N–H and O–H groups in total. The number of nitrogens with two attached hydrogens (primary N) is 1. The van der Waals surface area contributed by atoms with Crippen molar-refractivity contribution < 1.29 is 0 Å². The van der Waals surface area contributed by atoms with Crippen molar-refractivity contribution in [2.75, 3.05) is 12.3 Å². The maximum Gasteiger partial charge on any atom is 0.152 e. The topological polar surface area (TPSA) is 68.8 Å². The molecule has 190 valence electrons. The van der Waals surface area contributed by atoms with Crippen molar-refractivity contribution in [2.45, 2.75) is 65.0 Å². The number of unbranched alkanes of at least 4 members (excludes halogenated alkanes) is 1. The van der Waals surface area contributed by atoms with E-state index in [2.05, 4.69) is 70.3 Å². The number of aryl methyl sites for hydroxylation is 1. The number of rotatable bonds is 10. The molecule has 2 heterocycles. The van der Waals surface area contributed by atoms with Gasteiger partial charge >= 0.3 is 0 Å². The molecule has 2 aromatic heterocycles. The number of nitrogens with zero attached hydrogens (tertiary/aromatic N) is 3. The monoisotopic (exact) mass is 491 g/mol. The van der Waals surface area contributed by atoms with Gasteiger partial charge in [-0.05, 0) is 53.3 Å². The Balaban J connectivity index is 1.38. The van der Waals surface area contributed by atoms with Crippen LogP contribution in [0.2, 0.25) is 0 Å². The van der Waals surface area contributed by atoms with Gasteiger partial charge in [0.15, 0.2) is 5.82 Å². The molecule has 0 unspecified atom stereocenters. The lowest BCUT2D eigenvalue weighted by Gasteiger charge is -2.25. The SMILES string of the molecule is CCCCc1nc2c(N)nc3ccccc3c2n1Cc1ccc(CNCCC2CCC2)c2ccccc12. The van der Waals surface area contributed by atoms with Crippen molar-refractivity contribution in [3.63, 3.8) is 0 Å². The fraction of sp³-hybridized carbons (Fsp3) is 0.375. The van der Waals surface area contributed by atoms with E-state index < -0.39 is 0 Å². The van der Waals surface area contributed by atoms with Gasteiger partial charge in [0.05, 0.1) is 11.0 Å². The third-order valence-electron chi connectivity index (χ3n) is 8.15. The summed E-state index contributed by atoms with van der Waals surface area (Å²) < 4.78 is 2.39. The van der Waals surface area contributed by atoms with Crippen LogP contribution in [0.3, 0.4) is 0 Å². The molecule has 0 atom stereocenters. The maximum absolute atomic E-state index is 6.43. The molecule has 0 amide bonds. The molecule has 1 fully saturated rings. The van der Waals surface area contributed by atoms with Crippen LogP contribution in [0.15, 0.2) is 60.7 Å². The van der Waals surface area contributed by atoms with Crippen LogP contribution in [0.5, 0.6) is 0 Å². The molecule has 0 aliphatic heterocycles. The van der Waals surface area contributed by atoms with E-state index in [4.69, 9.17) is 10.7 Å². The second-order valence-corrected chi connectivity index (χ2v) is 10.6. The van der Waals surface area contributed by atoms with Crippen molar-refractivity contribution in [1.29, 1.82) is 0 Å². The molecular formula is C32H37N5. The summed E-state index contributed by atoms with van der Waals surface area (Å²) >= 11 is 0. The van der Waals surface area contributed by atoms with Crippen LogP contribution in [-0.2, 0) is 19.5 Å². The Hall–Kier alpha value is -3.44. The first-order valence-corrected chi connectivity index (χ1v) is 14.0. The van der Waals surface area contributed by atoms with Crippen LogP contribution in [0, 0.1) is 5.92 Å². The molecule has 1 saturated carbocycles. The number of aromatic nitrogens is 3. The van der Waals surface area contributed by atoms with Crippen LogP contribution in [0.25, 0.3) is 32.7 Å². The van der Waals surface area contributed by atoms with E-state index in [0.29, 0.717) is 5.82 Å². The van der Waals surface area contributed by atoms with Crippen LogP contribution in [-0.4, -0.2) is 21.1 Å². The average Bonchev–Trinajstić information content (AvgIpc) is 3.26. The van der Waals surface area contributed by atoms with Gasteiger partial charge in [-0.3, -0.25) is 0 Å². The lowest BCUT2D eigenvalue weighted by molar-refractivity contribution is 0.292. The number of fused-ring (bicyclic) bond motifs is 4. The van der Waals surface area contributed by atoms with E-state index in [1.54, 1.807) is 0 Å². The van der Waals surface area contributed by atoms with Crippen LogP contribution in [0.1, 0.15) is 62.4 Å². The Morgan fingerprint density at radius 2 is 1.65 bits per heavy atom. The quantitative estimate of drug-likeness (QED) is 0.207. The highest BCUT2D eigenvalue weighted by Gasteiger charge is 2.19. The van der Waals surface area contributed by atoms with E-state index >= 15 is 0 Å². The summed E-state index contributed by atoms with van der Waals surface area (Å²) in [5, 5.41) is 7.46. The summed E-state index contributed by atoms with van der Waals surface area (Å²) in [6.07, 6.45) is 8.71. The van der Waals surface area contributed by atoms with Gasteiger partial charge in [-0.15, -0.1) is 0 Å². The summed E-state index contributed by atoms with van der Waals surface area (Å²) in [6.45, 7) is 5.00. The average molecular weight is 492 g/mol. The zero-order chi connectivity index (χ0) is 25.2. The molecule has 6 rings (SSSR count). The van der Waals surface area contributed by atoms with Gasteiger partial charge in [0.25, 0.3) is 0 Å². The van der Waals surface area contributed by atoms with Gasteiger partial charge in [-0.1, -0.05) is 87.2 Å². The first kappa shape index (κ1) is 23.9. The van der Waals surface area contributed by atoms with Crippen molar-refractivity contribution in [1.82, 2.24) is 19.9 Å². The minimum Gasteiger partial charge on any atom is -0.382 e. The van der Waals surface area contributed by atoms with E-state index in [9.17, 15) is 0 Å². The lowest BCUT2D eigenvalue weighted by atomic mass is 9.83. The number of hydrogen-bond acceptors (Lipinski definition) is 4. The standard InChI is InChI=1S/C32H37N5/c1-2-3-15-29-36-30-31(27-13-6-7-14-28(27)35-32(30)33)37(29)21-24-17-16-23(25-11-4-5-12-26(24)25)20-34-19-18-22-9-8-10-22/h4-7,11-14,16-17,22,34H,2-3,8-10,15,18-21H2,1H3,(H2,33,35). The van der Waals surface area contributed by atoms with Crippen molar-refractivity contribution in [3.8, 4) is 0 Å².